The minimum atomic E-state index is -0.981. The summed E-state index contributed by atoms with van der Waals surface area (Å²) in [7, 11) is 0. The quantitative estimate of drug-likeness (QED) is 0.883. The van der Waals surface area contributed by atoms with E-state index in [4.69, 9.17) is 4.74 Å². The molecule has 3 rings (SSSR count). The first-order valence-electron chi connectivity index (χ1n) is 8.08. The zero-order chi connectivity index (χ0) is 18.2. The molecule has 0 bridgehead atoms. The van der Waals surface area contributed by atoms with Crippen LogP contribution in [0.5, 0.6) is 0 Å². The maximum absolute atomic E-state index is 12.3. The van der Waals surface area contributed by atoms with Gasteiger partial charge in [0.2, 0.25) is 0 Å². The van der Waals surface area contributed by atoms with Crippen molar-refractivity contribution in [3.8, 4) is 0 Å². The van der Waals surface area contributed by atoms with E-state index in [1.165, 1.54) is 16.4 Å². The fourth-order valence-electron chi connectivity index (χ4n) is 2.82. The summed E-state index contributed by atoms with van der Waals surface area (Å²) in [6, 6.07) is 6.88. The molecule has 2 heterocycles. The summed E-state index contributed by atoms with van der Waals surface area (Å²) < 4.78 is 10.8. The van der Waals surface area contributed by atoms with E-state index in [0.717, 1.165) is 10.1 Å². The number of piperazine rings is 1. The van der Waals surface area contributed by atoms with Gasteiger partial charge in [0, 0.05) is 18.5 Å². The molecule has 1 aromatic heterocycles. The van der Waals surface area contributed by atoms with Gasteiger partial charge in [0.15, 0.2) is 5.82 Å². The van der Waals surface area contributed by atoms with Crippen LogP contribution < -0.4 is 4.90 Å². The van der Waals surface area contributed by atoms with E-state index in [1.807, 2.05) is 24.3 Å². The van der Waals surface area contributed by atoms with Crippen molar-refractivity contribution < 1.29 is 19.4 Å². The summed E-state index contributed by atoms with van der Waals surface area (Å²) in [5, 5.41) is 10.6. The molecule has 1 fully saturated rings. The fourth-order valence-corrected chi connectivity index (χ4v) is 3.60. The Kier molecular flexibility index (Phi) is 4.55. The normalized spacial score (nSPS) is 18.4. The number of nitrogens with zero attached hydrogens (tertiary/aromatic N) is 3. The summed E-state index contributed by atoms with van der Waals surface area (Å²) in [6.45, 7) is 6.22. The molecule has 0 spiro atoms. The Balaban J connectivity index is 1.83. The molecule has 1 aliphatic heterocycles. The van der Waals surface area contributed by atoms with Gasteiger partial charge < -0.3 is 19.6 Å². The number of aliphatic carboxylic acids is 1. The number of carbonyl (C=O) groups is 2. The van der Waals surface area contributed by atoms with Gasteiger partial charge in [-0.25, -0.2) is 9.59 Å². The summed E-state index contributed by atoms with van der Waals surface area (Å²) >= 11 is 1.35. The van der Waals surface area contributed by atoms with Crippen molar-refractivity contribution in [1.29, 1.82) is 0 Å². The number of rotatable bonds is 2. The Morgan fingerprint density at radius 1 is 1.28 bits per heavy atom. The zero-order valence-electron chi connectivity index (χ0n) is 14.4. The number of ether oxygens (including phenoxy) is 1. The largest absolute Gasteiger partial charge is 0.480 e. The third-order valence-electron chi connectivity index (χ3n) is 3.95. The maximum Gasteiger partial charge on any atom is 0.410 e. The number of fused-ring (bicyclic) bond motifs is 1. The molecule has 8 heteroatoms. The van der Waals surface area contributed by atoms with Crippen LogP contribution in [0.2, 0.25) is 0 Å². The average Bonchev–Trinajstić information content (AvgIpc) is 2.96. The minimum Gasteiger partial charge on any atom is -0.480 e. The second kappa shape index (κ2) is 6.51. The number of carbonyl (C=O) groups excluding carboxylic acids is 1. The molecule has 7 nitrogen and oxygen atoms in total. The molecule has 1 aromatic carbocycles. The van der Waals surface area contributed by atoms with Crippen LogP contribution in [-0.4, -0.2) is 57.7 Å². The number of benzene rings is 1. The number of aromatic nitrogens is 1. The smallest absolute Gasteiger partial charge is 0.410 e. The van der Waals surface area contributed by atoms with E-state index < -0.39 is 23.7 Å². The Morgan fingerprint density at radius 2 is 2.00 bits per heavy atom. The Hall–Kier alpha value is -2.35. The lowest BCUT2D eigenvalue weighted by Crippen LogP contribution is -2.58. The lowest BCUT2D eigenvalue weighted by atomic mass is 10.1. The van der Waals surface area contributed by atoms with Crippen molar-refractivity contribution in [2.45, 2.75) is 32.4 Å². The summed E-state index contributed by atoms with van der Waals surface area (Å²) in [6.07, 6.45) is -0.485. The number of carboxylic acid groups (broad SMARTS) is 1. The van der Waals surface area contributed by atoms with Crippen LogP contribution in [0.4, 0.5) is 10.6 Å². The van der Waals surface area contributed by atoms with Crippen LogP contribution in [0.3, 0.4) is 0 Å². The van der Waals surface area contributed by atoms with Crippen molar-refractivity contribution in [2.75, 3.05) is 24.5 Å². The van der Waals surface area contributed by atoms with Gasteiger partial charge in [-0.1, -0.05) is 12.1 Å². The van der Waals surface area contributed by atoms with Crippen molar-refractivity contribution in [3.05, 3.63) is 24.3 Å². The van der Waals surface area contributed by atoms with Crippen LogP contribution in [0.15, 0.2) is 24.3 Å². The molecule has 1 aliphatic rings. The first-order chi connectivity index (χ1) is 11.8. The van der Waals surface area contributed by atoms with E-state index in [9.17, 15) is 14.7 Å². The highest BCUT2D eigenvalue weighted by Crippen LogP contribution is 2.31. The van der Waals surface area contributed by atoms with Crippen LogP contribution in [0.25, 0.3) is 10.1 Å². The van der Waals surface area contributed by atoms with Crippen molar-refractivity contribution in [2.24, 2.45) is 0 Å². The summed E-state index contributed by atoms with van der Waals surface area (Å²) in [4.78, 5) is 27.3. The lowest BCUT2D eigenvalue weighted by Gasteiger charge is -2.39. The topological polar surface area (TPSA) is 83.0 Å². The van der Waals surface area contributed by atoms with Gasteiger partial charge in [0.1, 0.15) is 11.6 Å². The molecule has 1 saturated heterocycles. The highest BCUT2D eigenvalue weighted by Gasteiger charge is 2.37. The van der Waals surface area contributed by atoms with Gasteiger partial charge >= 0.3 is 12.1 Å². The summed E-state index contributed by atoms with van der Waals surface area (Å²) in [5.41, 5.74) is -0.613. The molecule has 1 N–H and O–H groups in total. The van der Waals surface area contributed by atoms with Crippen molar-refractivity contribution in [3.63, 3.8) is 0 Å². The zero-order valence-corrected chi connectivity index (χ0v) is 15.2. The molecule has 1 amide bonds. The Morgan fingerprint density at radius 3 is 2.68 bits per heavy atom. The van der Waals surface area contributed by atoms with E-state index in [0.29, 0.717) is 18.9 Å². The molecule has 2 aromatic rings. The Bertz CT molecular complexity index is 799. The second-order valence-corrected chi connectivity index (χ2v) is 7.78. The van der Waals surface area contributed by atoms with Gasteiger partial charge in [-0.3, -0.25) is 0 Å². The van der Waals surface area contributed by atoms with Gasteiger partial charge in [-0.15, -0.1) is 0 Å². The number of anilines is 1. The minimum absolute atomic E-state index is 0.0656. The SMILES string of the molecule is CC(C)(C)OC(=O)N1CCN(c2nsc3ccccc23)C(C(=O)O)C1. The van der Waals surface area contributed by atoms with E-state index in [2.05, 4.69) is 4.37 Å². The standard InChI is InChI=1S/C17H21N3O4S/c1-17(2,3)24-16(23)19-8-9-20(12(10-19)15(21)22)14-11-6-4-5-7-13(11)25-18-14/h4-7,12H,8-10H2,1-3H3,(H,21,22). The summed E-state index contributed by atoms with van der Waals surface area (Å²) in [5.74, 6) is -0.317. The molecule has 0 saturated carbocycles. The molecule has 0 radical (unpaired) electrons. The van der Waals surface area contributed by atoms with E-state index >= 15 is 0 Å². The highest BCUT2D eigenvalue weighted by atomic mass is 32.1. The van der Waals surface area contributed by atoms with Gasteiger partial charge in [0.25, 0.3) is 0 Å². The van der Waals surface area contributed by atoms with Crippen LogP contribution in [0, 0.1) is 0 Å². The van der Waals surface area contributed by atoms with Crippen LogP contribution >= 0.6 is 11.5 Å². The van der Waals surface area contributed by atoms with E-state index in [1.54, 1.807) is 25.7 Å². The Labute approximate surface area is 150 Å². The highest BCUT2D eigenvalue weighted by molar-refractivity contribution is 7.13. The predicted octanol–water partition coefficient (Wildman–Crippen LogP) is 2.81. The molecule has 134 valence electrons. The first kappa shape index (κ1) is 17.5. The molecule has 1 unspecified atom stereocenters. The van der Waals surface area contributed by atoms with Gasteiger partial charge in [-0.05, 0) is 44.4 Å². The number of amides is 1. The van der Waals surface area contributed by atoms with Crippen molar-refractivity contribution >= 4 is 39.5 Å². The molecular weight excluding hydrogens is 342 g/mol. The molecular formula is C17H21N3O4S. The number of carboxylic acids is 1. The maximum atomic E-state index is 12.3. The predicted molar refractivity (Wildman–Crippen MR) is 96.2 cm³/mol. The fraction of sp³-hybridized carbons (Fsp3) is 0.471. The number of hydrogen-bond acceptors (Lipinski definition) is 6. The van der Waals surface area contributed by atoms with Gasteiger partial charge in [0.05, 0.1) is 11.2 Å². The first-order valence-corrected chi connectivity index (χ1v) is 8.85. The average molecular weight is 363 g/mol. The van der Waals surface area contributed by atoms with Gasteiger partial charge in [-0.2, -0.15) is 4.37 Å². The number of hydrogen-bond donors (Lipinski definition) is 1. The van der Waals surface area contributed by atoms with Crippen LogP contribution in [-0.2, 0) is 9.53 Å². The lowest BCUT2D eigenvalue weighted by molar-refractivity contribution is -0.139. The molecule has 1 atom stereocenters. The second-order valence-electron chi connectivity index (χ2n) is 6.98. The third kappa shape index (κ3) is 3.68. The molecule has 25 heavy (non-hydrogen) atoms. The third-order valence-corrected chi connectivity index (χ3v) is 4.76. The van der Waals surface area contributed by atoms with E-state index in [-0.39, 0.29) is 6.54 Å². The molecule has 0 aliphatic carbocycles. The monoisotopic (exact) mass is 363 g/mol. The van der Waals surface area contributed by atoms with Crippen molar-refractivity contribution in [1.82, 2.24) is 9.27 Å². The van der Waals surface area contributed by atoms with Crippen LogP contribution in [0.1, 0.15) is 20.8 Å².